The largest absolute Gasteiger partial charge is 0.494 e. The van der Waals surface area contributed by atoms with Gasteiger partial charge in [0.2, 0.25) is 5.91 Å². The van der Waals surface area contributed by atoms with Crippen LogP contribution in [0.4, 0.5) is 10.1 Å². The summed E-state index contributed by atoms with van der Waals surface area (Å²) in [6, 6.07) is 12.6. The van der Waals surface area contributed by atoms with Crippen LogP contribution in [0.5, 0.6) is 11.8 Å². The van der Waals surface area contributed by atoms with Gasteiger partial charge in [0, 0.05) is 25.6 Å². The Hall–Kier alpha value is -3.13. The maximum Gasteiger partial charge on any atom is 0.304 e. The number of ether oxygens (including phenoxy) is 3. The summed E-state index contributed by atoms with van der Waals surface area (Å²) in [5, 5.41) is 0. The lowest BCUT2D eigenvalue weighted by molar-refractivity contribution is 0.0887. The van der Waals surface area contributed by atoms with Gasteiger partial charge >= 0.3 is 6.01 Å². The molecule has 0 N–H and O–H groups in total. The molecule has 1 saturated heterocycles. The Balaban J connectivity index is 1.50. The van der Waals surface area contributed by atoms with E-state index in [4.69, 9.17) is 14.2 Å². The smallest absolute Gasteiger partial charge is 0.304 e. The van der Waals surface area contributed by atoms with Crippen LogP contribution in [0.2, 0.25) is 0 Å². The van der Waals surface area contributed by atoms with Gasteiger partial charge in [-0.15, -0.1) is 0 Å². The van der Waals surface area contributed by atoms with E-state index >= 15 is 0 Å². The highest BCUT2D eigenvalue weighted by atomic mass is 19.1. The monoisotopic (exact) mass is 413 g/mol. The Labute approximate surface area is 174 Å². The molecular formula is C22H24FN3O4. The lowest BCUT2D eigenvalue weighted by Gasteiger charge is -2.29. The number of benzene rings is 2. The normalized spacial score (nSPS) is 14.1. The zero-order valence-corrected chi connectivity index (χ0v) is 16.8. The molecule has 0 bridgehead atoms. The first-order valence-electron chi connectivity index (χ1n) is 9.97. The molecule has 0 radical (unpaired) electrons. The number of nitrogens with zero attached hydrogens (tertiary/aromatic N) is 3. The Morgan fingerprint density at radius 1 is 1.20 bits per heavy atom. The molecule has 2 heterocycles. The van der Waals surface area contributed by atoms with Gasteiger partial charge in [0.1, 0.15) is 11.6 Å². The van der Waals surface area contributed by atoms with Crippen molar-refractivity contribution in [3.63, 3.8) is 0 Å². The van der Waals surface area contributed by atoms with Crippen molar-refractivity contribution in [3.05, 3.63) is 48.3 Å². The van der Waals surface area contributed by atoms with Crippen LogP contribution in [0.1, 0.15) is 17.6 Å². The van der Waals surface area contributed by atoms with E-state index in [1.54, 1.807) is 6.07 Å². The number of rotatable bonds is 7. The van der Waals surface area contributed by atoms with Gasteiger partial charge in [-0.25, -0.2) is 8.96 Å². The van der Waals surface area contributed by atoms with E-state index in [0.29, 0.717) is 56.1 Å². The minimum Gasteiger partial charge on any atom is -0.494 e. The molecule has 0 atom stereocenters. The van der Waals surface area contributed by atoms with Crippen LogP contribution in [0.25, 0.3) is 11.0 Å². The highest BCUT2D eigenvalue weighted by Crippen LogP contribution is 2.29. The number of methoxy groups -OCH3 is 1. The van der Waals surface area contributed by atoms with E-state index in [2.05, 4.69) is 4.98 Å². The van der Waals surface area contributed by atoms with Crippen LogP contribution in [-0.2, 0) is 4.74 Å². The Bertz CT molecular complexity index is 1020. The summed E-state index contributed by atoms with van der Waals surface area (Å²) in [6.45, 7) is 2.74. The number of para-hydroxylation sites is 1. The van der Waals surface area contributed by atoms with Crippen molar-refractivity contribution >= 4 is 22.6 Å². The second-order valence-electron chi connectivity index (χ2n) is 6.98. The number of morpholine rings is 1. The SMILES string of the molecule is COc1nc2cc(N3CCOCC3)c(F)cc2n1C(=O)CCCOc1ccccc1. The van der Waals surface area contributed by atoms with Crippen LogP contribution in [0.15, 0.2) is 42.5 Å². The van der Waals surface area contributed by atoms with Crippen LogP contribution in [0, 0.1) is 5.82 Å². The molecule has 7 nitrogen and oxygen atoms in total. The molecule has 0 saturated carbocycles. The number of hydrogen-bond acceptors (Lipinski definition) is 6. The summed E-state index contributed by atoms with van der Waals surface area (Å²) in [7, 11) is 1.45. The Kier molecular flexibility index (Phi) is 6.13. The van der Waals surface area contributed by atoms with E-state index in [0.717, 1.165) is 5.75 Å². The number of fused-ring (bicyclic) bond motifs is 1. The van der Waals surface area contributed by atoms with Crippen molar-refractivity contribution in [1.29, 1.82) is 0 Å². The highest BCUT2D eigenvalue weighted by Gasteiger charge is 2.22. The van der Waals surface area contributed by atoms with E-state index in [-0.39, 0.29) is 18.3 Å². The molecule has 158 valence electrons. The van der Waals surface area contributed by atoms with Gasteiger partial charge in [0.25, 0.3) is 0 Å². The third kappa shape index (κ3) is 4.23. The molecule has 4 rings (SSSR count). The average Bonchev–Trinajstić information content (AvgIpc) is 3.15. The molecule has 0 amide bonds. The Morgan fingerprint density at radius 2 is 1.97 bits per heavy atom. The number of carbonyl (C=O) groups is 1. The zero-order valence-electron chi connectivity index (χ0n) is 16.8. The molecular weight excluding hydrogens is 389 g/mol. The van der Waals surface area contributed by atoms with Crippen LogP contribution >= 0.6 is 0 Å². The number of anilines is 1. The number of carbonyl (C=O) groups excluding carboxylic acids is 1. The maximum atomic E-state index is 14.9. The van der Waals surface area contributed by atoms with Crippen molar-refractivity contribution in [2.24, 2.45) is 0 Å². The van der Waals surface area contributed by atoms with Gasteiger partial charge < -0.3 is 19.1 Å². The van der Waals surface area contributed by atoms with Gasteiger partial charge in [-0.2, -0.15) is 4.98 Å². The zero-order chi connectivity index (χ0) is 20.9. The lowest BCUT2D eigenvalue weighted by Crippen LogP contribution is -2.36. The van der Waals surface area contributed by atoms with Crippen molar-refractivity contribution < 1.29 is 23.4 Å². The molecule has 0 aliphatic carbocycles. The molecule has 1 fully saturated rings. The van der Waals surface area contributed by atoms with Crippen molar-refractivity contribution in [3.8, 4) is 11.8 Å². The van der Waals surface area contributed by atoms with E-state index in [1.807, 2.05) is 35.2 Å². The van der Waals surface area contributed by atoms with E-state index < -0.39 is 5.82 Å². The summed E-state index contributed by atoms with van der Waals surface area (Å²) < 4.78 is 32.5. The second-order valence-corrected chi connectivity index (χ2v) is 6.98. The summed E-state index contributed by atoms with van der Waals surface area (Å²) in [5.41, 5.74) is 1.38. The molecule has 1 aliphatic rings. The molecule has 0 unspecified atom stereocenters. The molecule has 3 aromatic rings. The highest BCUT2D eigenvalue weighted by molar-refractivity contribution is 5.93. The first-order chi connectivity index (χ1) is 14.7. The number of hydrogen-bond donors (Lipinski definition) is 0. The molecule has 1 aliphatic heterocycles. The summed E-state index contributed by atoms with van der Waals surface area (Å²) in [4.78, 5) is 19.2. The number of aromatic nitrogens is 2. The fourth-order valence-electron chi connectivity index (χ4n) is 3.53. The standard InChI is InChI=1S/C22H24FN3O4/c1-28-22-24-18-15-19(25-9-12-29-13-10-25)17(23)14-20(18)26(22)21(27)8-5-11-30-16-6-3-2-4-7-16/h2-4,6-7,14-15H,5,8-13H2,1H3. The van der Waals surface area contributed by atoms with Crippen LogP contribution < -0.4 is 14.4 Å². The third-order valence-corrected chi connectivity index (χ3v) is 5.02. The third-order valence-electron chi connectivity index (χ3n) is 5.02. The van der Waals surface area contributed by atoms with Crippen molar-refractivity contribution in [2.75, 3.05) is 44.9 Å². The second kappa shape index (κ2) is 9.13. The lowest BCUT2D eigenvalue weighted by atomic mass is 10.2. The summed E-state index contributed by atoms with van der Waals surface area (Å²) in [6.07, 6.45) is 0.742. The first kappa shape index (κ1) is 20.2. The fraction of sp³-hybridized carbons (Fsp3) is 0.364. The molecule has 2 aromatic carbocycles. The maximum absolute atomic E-state index is 14.9. The predicted octanol–water partition coefficient (Wildman–Crippen LogP) is 3.52. The fourth-order valence-corrected chi connectivity index (χ4v) is 3.53. The Morgan fingerprint density at radius 3 is 2.70 bits per heavy atom. The van der Waals surface area contributed by atoms with Crippen LogP contribution in [-0.4, -0.2) is 55.5 Å². The molecule has 30 heavy (non-hydrogen) atoms. The minimum absolute atomic E-state index is 0.150. The summed E-state index contributed by atoms with van der Waals surface area (Å²) >= 11 is 0. The topological polar surface area (TPSA) is 65.8 Å². The number of imidazole rings is 1. The average molecular weight is 413 g/mol. The quantitative estimate of drug-likeness (QED) is 0.552. The first-order valence-corrected chi connectivity index (χ1v) is 9.97. The van der Waals surface area contributed by atoms with Gasteiger partial charge in [-0.1, -0.05) is 18.2 Å². The van der Waals surface area contributed by atoms with Crippen LogP contribution in [0.3, 0.4) is 0 Å². The molecule has 1 aromatic heterocycles. The van der Waals surface area contributed by atoms with Gasteiger partial charge in [-0.3, -0.25) is 4.79 Å². The minimum atomic E-state index is -0.395. The number of halogens is 1. The van der Waals surface area contributed by atoms with E-state index in [1.165, 1.54) is 17.7 Å². The molecule has 0 spiro atoms. The molecule has 8 heteroatoms. The van der Waals surface area contributed by atoms with E-state index in [9.17, 15) is 9.18 Å². The summed E-state index contributed by atoms with van der Waals surface area (Å²) in [5.74, 6) is 0.145. The van der Waals surface area contributed by atoms with Gasteiger partial charge in [-0.05, 0) is 24.6 Å². The van der Waals surface area contributed by atoms with Crippen molar-refractivity contribution in [1.82, 2.24) is 9.55 Å². The van der Waals surface area contributed by atoms with Gasteiger partial charge in [0.05, 0.1) is 43.7 Å². The van der Waals surface area contributed by atoms with Gasteiger partial charge in [0.15, 0.2) is 0 Å². The predicted molar refractivity (Wildman–Crippen MR) is 111 cm³/mol. The van der Waals surface area contributed by atoms with Crippen molar-refractivity contribution in [2.45, 2.75) is 12.8 Å².